The Hall–Kier alpha value is -1.96. The Morgan fingerprint density at radius 2 is 1.71 bits per heavy atom. The van der Waals surface area contributed by atoms with Gasteiger partial charge in [-0.05, 0) is 47.2 Å². The molecule has 112 valence electrons. The monoisotopic (exact) mass is 284 g/mol. The van der Waals surface area contributed by atoms with Gasteiger partial charge in [0.25, 0.3) is 0 Å². The lowest BCUT2D eigenvalue weighted by Gasteiger charge is -2.15. The van der Waals surface area contributed by atoms with Crippen molar-refractivity contribution < 1.29 is 9.47 Å². The van der Waals surface area contributed by atoms with Crippen LogP contribution in [0, 0.1) is 0 Å². The molecule has 0 aliphatic heterocycles. The van der Waals surface area contributed by atoms with E-state index in [9.17, 15) is 0 Å². The summed E-state index contributed by atoms with van der Waals surface area (Å²) < 4.78 is 11.0. The molecule has 0 aliphatic carbocycles. The van der Waals surface area contributed by atoms with Gasteiger partial charge in [-0.25, -0.2) is 0 Å². The third-order valence-corrected chi connectivity index (χ3v) is 3.74. The van der Waals surface area contributed by atoms with Gasteiger partial charge in [-0.1, -0.05) is 44.5 Å². The van der Waals surface area contributed by atoms with Crippen molar-refractivity contribution in [3.8, 4) is 22.6 Å². The van der Waals surface area contributed by atoms with Crippen molar-refractivity contribution in [3.63, 3.8) is 0 Å². The average molecular weight is 284 g/mol. The molecular formula is C19H24O2. The first-order chi connectivity index (χ1) is 10.2. The molecule has 0 spiro atoms. The van der Waals surface area contributed by atoms with Crippen molar-refractivity contribution in [2.24, 2.45) is 0 Å². The van der Waals surface area contributed by atoms with Crippen molar-refractivity contribution in [2.45, 2.75) is 33.1 Å². The quantitative estimate of drug-likeness (QED) is 0.752. The zero-order valence-electron chi connectivity index (χ0n) is 13.4. The van der Waals surface area contributed by atoms with E-state index in [-0.39, 0.29) is 0 Å². The van der Waals surface area contributed by atoms with Crippen LogP contribution in [0.1, 0.15) is 31.4 Å². The molecule has 0 saturated carbocycles. The molecule has 2 rings (SSSR count). The fourth-order valence-electron chi connectivity index (χ4n) is 2.64. The molecule has 0 saturated heterocycles. The predicted molar refractivity (Wildman–Crippen MR) is 88.4 cm³/mol. The van der Waals surface area contributed by atoms with Crippen LogP contribution in [0.3, 0.4) is 0 Å². The summed E-state index contributed by atoms with van der Waals surface area (Å²) in [5.74, 6) is 1.66. The van der Waals surface area contributed by atoms with Gasteiger partial charge >= 0.3 is 0 Å². The van der Waals surface area contributed by atoms with Gasteiger partial charge in [0, 0.05) is 0 Å². The molecule has 0 unspecified atom stereocenters. The Labute approximate surface area is 127 Å². The van der Waals surface area contributed by atoms with Crippen molar-refractivity contribution >= 4 is 0 Å². The van der Waals surface area contributed by atoms with Gasteiger partial charge in [0.2, 0.25) is 0 Å². The smallest absolute Gasteiger partial charge is 0.163 e. The number of methoxy groups -OCH3 is 2. The highest BCUT2D eigenvalue weighted by Gasteiger charge is 2.13. The number of hydrogen-bond donors (Lipinski definition) is 0. The molecule has 2 aromatic carbocycles. The van der Waals surface area contributed by atoms with E-state index >= 15 is 0 Å². The van der Waals surface area contributed by atoms with Crippen LogP contribution in [0.5, 0.6) is 11.5 Å². The molecule has 2 aromatic rings. The van der Waals surface area contributed by atoms with Crippen LogP contribution < -0.4 is 9.47 Å². The molecule has 0 fully saturated rings. The molecule has 0 atom stereocenters. The number of hydrogen-bond acceptors (Lipinski definition) is 2. The summed E-state index contributed by atoms with van der Waals surface area (Å²) >= 11 is 0. The lowest BCUT2D eigenvalue weighted by Crippen LogP contribution is -1.97. The molecule has 0 heterocycles. The van der Waals surface area contributed by atoms with Crippen LogP contribution in [-0.2, 0) is 12.8 Å². The Morgan fingerprint density at radius 1 is 0.905 bits per heavy atom. The average Bonchev–Trinajstić information content (AvgIpc) is 2.54. The van der Waals surface area contributed by atoms with E-state index in [1.165, 1.54) is 22.3 Å². The highest BCUT2D eigenvalue weighted by Crippen LogP contribution is 2.37. The third kappa shape index (κ3) is 3.38. The second-order valence-corrected chi connectivity index (χ2v) is 5.17. The van der Waals surface area contributed by atoms with Gasteiger partial charge in [-0.3, -0.25) is 0 Å². The third-order valence-electron chi connectivity index (χ3n) is 3.74. The maximum absolute atomic E-state index is 5.53. The minimum atomic E-state index is 0.806. The molecule has 0 aliphatic rings. The van der Waals surface area contributed by atoms with E-state index in [2.05, 4.69) is 50.2 Å². The predicted octanol–water partition coefficient (Wildman–Crippen LogP) is 4.89. The van der Waals surface area contributed by atoms with Gasteiger partial charge in [-0.2, -0.15) is 0 Å². The molecule has 2 heteroatoms. The first-order valence-corrected chi connectivity index (χ1v) is 7.57. The molecule has 2 nitrogen and oxygen atoms in total. The highest BCUT2D eigenvalue weighted by molar-refractivity contribution is 5.69. The second-order valence-electron chi connectivity index (χ2n) is 5.17. The summed E-state index contributed by atoms with van der Waals surface area (Å²) in [5, 5.41) is 0. The Bertz CT molecular complexity index is 603. The SMILES string of the molecule is CCCc1cc(-c2cccc(CC)c2)cc(OC)c1OC. The summed E-state index contributed by atoms with van der Waals surface area (Å²) in [7, 11) is 3.40. The second kappa shape index (κ2) is 7.16. The first-order valence-electron chi connectivity index (χ1n) is 7.57. The van der Waals surface area contributed by atoms with Crippen molar-refractivity contribution in [1.82, 2.24) is 0 Å². The van der Waals surface area contributed by atoms with Crippen LogP contribution in [0.15, 0.2) is 36.4 Å². The van der Waals surface area contributed by atoms with Crippen LogP contribution in [-0.4, -0.2) is 14.2 Å². The zero-order chi connectivity index (χ0) is 15.2. The summed E-state index contributed by atoms with van der Waals surface area (Å²) in [4.78, 5) is 0. The fraction of sp³-hybridized carbons (Fsp3) is 0.368. The van der Waals surface area contributed by atoms with E-state index in [1.807, 2.05) is 0 Å². The normalized spacial score (nSPS) is 10.5. The van der Waals surface area contributed by atoms with Gasteiger partial charge in [-0.15, -0.1) is 0 Å². The standard InChI is InChI=1S/C19H24O2/c1-5-8-16-12-17(13-18(20-3)19(16)21-4)15-10-7-9-14(6-2)11-15/h7,9-13H,5-6,8H2,1-4H3. The first kappa shape index (κ1) is 15.4. The van der Waals surface area contributed by atoms with Crippen LogP contribution >= 0.6 is 0 Å². The molecule has 0 amide bonds. The van der Waals surface area contributed by atoms with E-state index in [0.29, 0.717) is 0 Å². The Balaban J connectivity index is 2.55. The van der Waals surface area contributed by atoms with E-state index in [1.54, 1.807) is 14.2 Å². The van der Waals surface area contributed by atoms with Crippen LogP contribution in [0.4, 0.5) is 0 Å². The van der Waals surface area contributed by atoms with Gasteiger partial charge < -0.3 is 9.47 Å². The topological polar surface area (TPSA) is 18.5 Å². The number of aryl methyl sites for hydroxylation is 2. The van der Waals surface area contributed by atoms with Crippen molar-refractivity contribution in [1.29, 1.82) is 0 Å². The van der Waals surface area contributed by atoms with E-state index in [4.69, 9.17) is 9.47 Å². The maximum atomic E-state index is 5.53. The van der Waals surface area contributed by atoms with Gasteiger partial charge in [0.15, 0.2) is 11.5 Å². The summed E-state index contributed by atoms with van der Waals surface area (Å²) in [6.07, 6.45) is 3.11. The Morgan fingerprint density at radius 3 is 2.33 bits per heavy atom. The maximum Gasteiger partial charge on any atom is 0.163 e. The Kier molecular flexibility index (Phi) is 5.26. The molecule has 0 radical (unpaired) electrons. The molecule has 21 heavy (non-hydrogen) atoms. The summed E-state index contributed by atoms with van der Waals surface area (Å²) in [6, 6.07) is 13.0. The van der Waals surface area contributed by atoms with Gasteiger partial charge in [0.1, 0.15) is 0 Å². The summed E-state index contributed by atoms with van der Waals surface area (Å²) in [5.41, 5.74) is 4.97. The van der Waals surface area contributed by atoms with Crippen LogP contribution in [0.2, 0.25) is 0 Å². The minimum absolute atomic E-state index is 0.806. The minimum Gasteiger partial charge on any atom is -0.493 e. The molecule has 0 bridgehead atoms. The fourth-order valence-corrected chi connectivity index (χ4v) is 2.64. The molecule has 0 aromatic heterocycles. The van der Waals surface area contributed by atoms with E-state index < -0.39 is 0 Å². The van der Waals surface area contributed by atoms with Crippen molar-refractivity contribution in [2.75, 3.05) is 14.2 Å². The lowest BCUT2D eigenvalue weighted by atomic mass is 9.97. The summed E-state index contributed by atoms with van der Waals surface area (Å²) in [6.45, 7) is 4.35. The largest absolute Gasteiger partial charge is 0.493 e. The number of rotatable bonds is 6. The lowest BCUT2D eigenvalue weighted by molar-refractivity contribution is 0.351. The highest BCUT2D eigenvalue weighted by atomic mass is 16.5. The molecular weight excluding hydrogens is 260 g/mol. The number of ether oxygens (including phenoxy) is 2. The zero-order valence-corrected chi connectivity index (χ0v) is 13.4. The van der Waals surface area contributed by atoms with Crippen molar-refractivity contribution in [3.05, 3.63) is 47.5 Å². The number of benzene rings is 2. The van der Waals surface area contributed by atoms with Crippen LogP contribution in [0.25, 0.3) is 11.1 Å². The van der Waals surface area contributed by atoms with Gasteiger partial charge in [0.05, 0.1) is 14.2 Å². The molecule has 0 N–H and O–H groups in total. The van der Waals surface area contributed by atoms with E-state index in [0.717, 1.165) is 30.8 Å².